The molecule has 2 aromatic rings. The lowest BCUT2D eigenvalue weighted by Crippen LogP contribution is -2.63. The van der Waals surface area contributed by atoms with Crippen LogP contribution in [0.5, 0.6) is 0 Å². The maximum atomic E-state index is 13.0. The van der Waals surface area contributed by atoms with Crippen molar-refractivity contribution in [2.75, 3.05) is 25.0 Å². The number of aromatic nitrogens is 2. The van der Waals surface area contributed by atoms with Crippen molar-refractivity contribution >= 4 is 22.6 Å². The maximum absolute atomic E-state index is 13.0. The molecule has 1 atom stereocenters. The first-order chi connectivity index (χ1) is 16.4. The van der Waals surface area contributed by atoms with Crippen LogP contribution in [-0.2, 0) is 11.0 Å². The summed E-state index contributed by atoms with van der Waals surface area (Å²) < 4.78 is 77.2. The van der Waals surface area contributed by atoms with Gasteiger partial charge in [0.15, 0.2) is 6.10 Å². The lowest BCUT2D eigenvalue weighted by Gasteiger charge is -2.47. The summed E-state index contributed by atoms with van der Waals surface area (Å²) in [7, 11) is 0. The van der Waals surface area contributed by atoms with Crippen LogP contribution in [0.25, 0.3) is 10.9 Å². The number of likely N-dealkylation sites (tertiary alicyclic amines) is 1. The van der Waals surface area contributed by atoms with Gasteiger partial charge >= 0.3 is 12.4 Å². The molecule has 192 valence electrons. The molecule has 1 unspecified atom stereocenters. The zero-order valence-corrected chi connectivity index (χ0v) is 18.5. The molecule has 1 aliphatic carbocycles. The fourth-order valence-electron chi connectivity index (χ4n) is 4.77. The highest BCUT2D eigenvalue weighted by atomic mass is 19.4. The molecule has 7 nitrogen and oxygen atoms in total. The number of carbonyl (C=O) groups excluding carboxylic acids is 1. The number of carbonyl (C=O) groups is 1. The van der Waals surface area contributed by atoms with Crippen LogP contribution >= 0.6 is 0 Å². The number of hydrogen-bond acceptors (Lipinski definition) is 6. The van der Waals surface area contributed by atoms with E-state index in [2.05, 4.69) is 25.5 Å². The SMILES string of the molecule is O=C(CNc1ncnc2ccc(C(F)(F)F)cc12)NC1CN([C@H]2CC[C@@H](C(O)C(F)(F)F)CC2)C1. The standard InChI is InChI=1S/C22H25F6N5O2/c23-21(24,25)13-3-6-17-16(7-13)20(31-11-30-17)29-8-18(34)32-14-9-33(10-14)15-4-1-12(2-5-15)19(35)22(26,27)28/h3,6-7,11-12,14-15,19,35H,1-2,4-5,8-10H2,(H,32,34)(H,29,30,31)/t12-,15+,19?. The van der Waals surface area contributed by atoms with Crippen LogP contribution in [-0.4, -0.2) is 69.9 Å². The monoisotopic (exact) mass is 505 g/mol. The van der Waals surface area contributed by atoms with Gasteiger partial charge in [0.05, 0.1) is 23.7 Å². The number of benzene rings is 1. The highest BCUT2D eigenvalue weighted by Crippen LogP contribution is 2.37. The van der Waals surface area contributed by atoms with Gasteiger partial charge in [-0.15, -0.1) is 0 Å². The number of rotatable bonds is 6. The molecule has 1 aromatic heterocycles. The van der Waals surface area contributed by atoms with Gasteiger partial charge in [0, 0.05) is 24.5 Å². The number of halogens is 6. The first kappa shape index (κ1) is 25.4. The third kappa shape index (κ3) is 5.95. The molecule has 0 bridgehead atoms. The van der Waals surface area contributed by atoms with Gasteiger partial charge in [-0.05, 0) is 49.8 Å². The minimum absolute atomic E-state index is 0.115. The van der Waals surface area contributed by atoms with Crippen LogP contribution in [0, 0.1) is 5.92 Å². The van der Waals surface area contributed by atoms with E-state index >= 15 is 0 Å². The topological polar surface area (TPSA) is 90.4 Å². The zero-order chi connectivity index (χ0) is 25.4. The summed E-state index contributed by atoms with van der Waals surface area (Å²) >= 11 is 0. The number of amides is 1. The van der Waals surface area contributed by atoms with Gasteiger partial charge < -0.3 is 15.7 Å². The second-order valence-electron chi connectivity index (χ2n) is 9.08. The van der Waals surface area contributed by atoms with Gasteiger partial charge in [-0.3, -0.25) is 9.69 Å². The molecule has 0 radical (unpaired) electrons. The second-order valence-corrected chi connectivity index (χ2v) is 9.08. The first-order valence-electron chi connectivity index (χ1n) is 11.3. The highest BCUT2D eigenvalue weighted by Gasteiger charge is 2.45. The molecule has 4 rings (SSSR count). The lowest BCUT2D eigenvalue weighted by molar-refractivity contribution is -0.223. The van der Waals surface area contributed by atoms with Crippen molar-refractivity contribution in [2.45, 2.75) is 56.2 Å². The van der Waals surface area contributed by atoms with Crippen LogP contribution in [0.4, 0.5) is 32.2 Å². The zero-order valence-electron chi connectivity index (χ0n) is 18.5. The molecule has 1 amide bonds. The Morgan fingerprint density at radius 2 is 1.77 bits per heavy atom. The van der Waals surface area contributed by atoms with Crippen LogP contribution in [0.15, 0.2) is 24.5 Å². The van der Waals surface area contributed by atoms with Crippen LogP contribution in [0.3, 0.4) is 0 Å². The predicted octanol–water partition coefficient (Wildman–Crippen LogP) is 3.34. The number of nitrogens with one attached hydrogen (secondary N) is 2. The van der Waals surface area contributed by atoms with Crippen molar-refractivity contribution < 1.29 is 36.2 Å². The van der Waals surface area contributed by atoms with Gasteiger partial charge in [0.2, 0.25) is 5.91 Å². The average molecular weight is 505 g/mol. The number of alkyl halides is 6. The maximum Gasteiger partial charge on any atom is 0.416 e. The number of aliphatic hydroxyl groups is 1. The van der Waals surface area contributed by atoms with E-state index in [0.29, 0.717) is 44.3 Å². The van der Waals surface area contributed by atoms with E-state index in [1.165, 1.54) is 12.4 Å². The summed E-state index contributed by atoms with van der Waals surface area (Å²) in [6.45, 7) is 0.932. The lowest BCUT2D eigenvalue weighted by atomic mass is 9.81. The Bertz CT molecular complexity index is 1050. The number of anilines is 1. The van der Waals surface area contributed by atoms with E-state index in [9.17, 15) is 36.2 Å². The minimum Gasteiger partial charge on any atom is -0.383 e. The Labute approximate surface area is 196 Å². The van der Waals surface area contributed by atoms with Crippen LogP contribution in [0.1, 0.15) is 31.2 Å². The van der Waals surface area contributed by atoms with Gasteiger partial charge in [0.25, 0.3) is 0 Å². The summed E-state index contributed by atoms with van der Waals surface area (Å²) in [6, 6.07) is 3.10. The van der Waals surface area contributed by atoms with Crippen molar-refractivity contribution in [2.24, 2.45) is 5.92 Å². The molecule has 2 heterocycles. The summed E-state index contributed by atoms with van der Waals surface area (Å²) in [6.07, 6.45) is -8.50. The molecule has 1 aromatic carbocycles. The molecule has 3 N–H and O–H groups in total. The molecule has 35 heavy (non-hydrogen) atoms. The largest absolute Gasteiger partial charge is 0.416 e. The smallest absolute Gasteiger partial charge is 0.383 e. The van der Waals surface area contributed by atoms with Crippen LogP contribution < -0.4 is 10.6 Å². The van der Waals surface area contributed by atoms with E-state index < -0.39 is 29.9 Å². The summed E-state index contributed by atoms with van der Waals surface area (Å²) in [5.74, 6) is -1.02. The molecule has 2 fully saturated rings. The summed E-state index contributed by atoms with van der Waals surface area (Å²) in [5.41, 5.74) is -0.535. The van der Waals surface area contributed by atoms with Crippen molar-refractivity contribution in [3.8, 4) is 0 Å². The third-order valence-corrected chi connectivity index (χ3v) is 6.69. The molecular weight excluding hydrogens is 480 g/mol. The number of aliphatic hydroxyl groups excluding tert-OH is 1. The fraction of sp³-hybridized carbons (Fsp3) is 0.591. The normalized spacial score (nSPS) is 23.1. The Hall–Kier alpha value is -2.67. The van der Waals surface area contributed by atoms with Crippen molar-refractivity contribution in [1.29, 1.82) is 0 Å². The Morgan fingerprint density at radius 1 is 1.09 bits per heavy atom. The average Bonchev–Trinajstić information content (AvgIpc) is 2.78. The van der Waals surface area contributed by atoms with E-state index in [0.717, 1.165) is 12.1 Å². The molecule has 1 saturated heterocycles. The summed E-state index contributed by atoms with van der Waals surface area (Å²) in [5, 5.41) is 15.2. The number of hydrogen-bond donors (Lipinski definition) is 3. The minimum atomic E-state index is -4.60. The Balaban J connectivity index is 1.23. The third-order valence-electron chi connectivity index (χ3n) is 6.69. The molecule has 0 spiro atoms. The fourth-order valence-corrected chi connectivity index (χ4v) is 4.77. The Kier molecular flexibility index (Phi) is 7.09. The molecular formula is C22H25F6N5O2. The van der Waals surface area contributed by atoms with E-state index in [4.69, 9.17) is 0 Å². The highest BCUT2D eigenvalue weighted by molar-refractivity contribution is 5.91. The van der Waals surface area contributed by atoms with Gasteiger partial charge in [-0.1, -0.05) is 0 Å². The van der Waals surface area contributed by atoms with Gasteiger partial charge in [-0.2, -0.15) is 26.3 Å². The summed E-state index contributed by atoms with van der Waals surface area (Å²) in [4.78, 5) is 22.3. The number of fused-ring (bicyclic) bond motifs is 1. The van der Waals surface area contributed by atoms with E-state index in [1.54, 1.807) is 0 Å². The molecule has 13 heteroatoms. The van der Waals surface area contributed by atoms with Crippen molar-refractivity contribution in [3.05, 3.63) is 30.1 Å². The predicted molar refractivity (Wildman–Crippen MR) is 114 cm³/mol. The van der Waals surface area contributed by atoms with Gasteiger partial charge in [-0.25, -0.2) is 9.97 Å². The van der Waals surface area contributed by atoms with E-state index in [-0.39, 0.29) is 35.7 Å². The van der Waals surface area contributed by atoms with Crippen molar-refractivity contribution in [3.63, 3.8) is 0 Å². The van der Waals surface area contributed by atoms with Crippen LogP contribution in [0.2, 0.25) is 0 Å². The molecule has 1 aliphatic heterocycles. The number of nitrogens with zero attached hydrogens (tertiary/aromatic N) is 3. The first-order valence-corrected chi connectivity index (χ1v) is 11.3. The molecule has 2 aliphatic rings. The van der Waals surface area contributed by atoms with E-state index in [1.807, 2.05) is 0 Å². The Morgan fingerprint density at radius 3 is 2.40 bits per heavy atom. The van der Waals surface area contributed by atoms with Crippen molar-refractivity contribution in [1.82, 2.24) is 20.2 Å². The van der Waals surface area contributed by atoms with Gasteiger partial charge in [0.1, 0.15) is 12.1 Å². The molecule has 1 saturated carbocycles. The quantitative estimate of drug-likeness (QED) is 0.522. The second kappa shape index (κ2) is 9.76.